The summed E-state index contributed by atoms with van der Waals surface area (Å²) in [7, 11) is -2.34. The average Bonchev–Trinajstić information content (AvgIpc) is 2.53. The number of aromatic nitrogens is 1. The molecule has 1 N–H and O–H groups in total. The van der Waals surface area contributed by atoms with E-state index in [1.165, 1.54) is 19.2 Å². The fourth-order valence-corrected chi connectivity index (χ4v) is 3.43. The standard InChI is InChI=1S/C16H17Cl2N3O3S/c1-11-3-6-15(19-8-11)20-16(22)9-21(2)25(23,24)10-12-4-5-13(17)14(18)7-12/h3-8H,9-10H2,1-2H3,(H,19,20,22). The number of amides is 1. The predicted molar refractivity (Wildman–Crippen MR) is 99.3 cm³/mol. The number of nitrogens with one attached hydrogen (secondary N) is 1. The summed E-state index contributed by atoms with van der Waals surface area (Å²) >= 11 is 11.7. The van der Waals surface area contributed by atoms with Crippen molar-refractivity contribution in [3.05, 3.63) is 57.7 Å². The molecule has 2 rings (SSSR count). The van der Waals surface area contributed by atoms with E-state index in [9.17, 15) is 13.2 Å². The molecular formula is C16H17Cl2N3O3S. The van der Waals surface area contributed by atoms with Crippen LogP contribution < -0.4 is 5.32 Å². The molecule has 0 spiro atoms. The topological polar surface area (TPSA) is 79.4 Å². The van der Waals surface area contributed by atoms with Crippen LogP contribution in [-0.2, 0) is 20.6 Å². The van der Waals surface area contributed by atoms with Crippen molar-refractivity contribution in [2.75, 3.05) is 18.9 Å². The second kappa shape index (κ2) is 8.14. The zero-order valence-electron chi connectivity index (χ0n) is 13.7. The fourth-order valence-electron chi connectivity index (χ4n) is 1.97. The van der Waals surface area contributed by atoms with Gasteiger partial charge in [-0.1, -0.05) is 35.3 Å². The molecule has 1 aromatic carbocycles. The van der Waals surface area contributed by atoms with Crippen molar-refractivity contribution in [3.63, 3.8) is 0 Å². The van der Waals surface area contributed by atoms with Gasteiger partial charge in [-0.05, 0) is 36.2 Å². The highest BCUT2D eigenvalue weighted by molar-refractivity contribution is 7.88. The van der Waals surface area contributed by atoms with Gasteiger partial charge in [0.2, 0.25) is 15.9 Å². The predicted octanol–water partition coefficient (Wildman–Crippen LogP) is 3.10. The van der Waals surface area contributed by atoms with Crippen LogP contribution in [0.4, 0.5) is 5.82 Å². The highest BCUT2D eigenvalue weighted by Crippen LogP contribution is 2.24. The molecular weight excluding hydrogens is 385 g/mol. The van der Waals surface area contributed by atoms with E-state index < -0.39 is 15.9 Å². The van der Waals surface area contributed by atoms with E-state index in [4.69, 9.17) is 23.2 Å². The fraction of sp³-hybridized carbons (Fsp3) is 0.250. The van der Waals surface area contributed by atoms with Crippen molar-refractivity contribution in [3.8, 4) is 0 Å². The van der Waals surface area contributed by atoms with Crippen LogP contribution in [0.25, 0.3) is 0 Å². The molecule has 1 aromatic heterocycles. The van der Waals surface area contributed by atoms with Crippen LogP contribution in [0.1, 0.15) is 11.1 Å². The Bertz CT molecular complexity index is 871. The summed E-state index contributed by atoms with van der Waals surface area (Å²) in [4.78, 5) is 16.1. The maximum atomic E-state index is 12.4. The third-order valence-corrected chi connectivity index (χ3v) is 5.87. The molecule has 6 nitrogen and oxygen atoms in total. The van der Waals surface area contributed by atoms with E-state index in [1.54, 1.807) is 24.4 Å². The van der Waals surface area contributed by atoms with Gasteiger partial charge in [0.25, 0.3) is 0 Å². The second-order valence-electron chi connectivity index (χ2n) is 5.53. The Morgan fingerprint density at radius 3 is 2.52 bits per heavy atom. The lowest BCUT2D eigenvalue weighted by atomic mass is 10.2. The van der Waals surface area contributed by atoms with Gasteiger partial charge in [-0.15, -0.1) is 0 Å². The van der Waals surface area contributed by atoms with E-state index in [1.807, 2.05) is 6.92 Å². The quantitative estimate of drug-likeness (QED) is 0.806. The Morgan fingerprint density at radius 1 is 1.20 bits per heavy atom. The van der Waals surface area contributed by atoms with E-state index in [0.717, 1.165) is 9.87 Å². The molecule has 0 aliphatic heterocycles. The van der Waals surface area contributed by atoms with Crippen LogP contribution in [-0.4, -0.2) is 37.2 Å². The molecule has 0 saturated carbocycles. The van der Waals surface area contributed by atoms with Crippen molar-refractivity contribution in [2.45, 2.75) is 12.7 Å². The summed E-state index contributed by atoms with van der Waals surface area (Å²) in [6, 6.07) is 8.05. The third-order valence-electron chi connectivity index (χ3n) is 3.35. The Labute approximate surface area is 156 Å². The molecule has 134 valence electrons. The van der Waals surface area contributed by atoms with Gasteiger partial charge in [-0.3, -0.25) is 4.79 Å². The number of aryl methyl sites for hydroxylation is 1. The maximum Gasteiger partial charge on any atom is 0.240 e. The highest BCUT2D eigenvalue weighted by atomic mass is 35.5. The number of likely N-dealkylation sites (N-methyl/N-ethyl adjacent to an activating group) is 1. The SMILES string of the molecule is Cc1ccc(NC(=O)CN(C)S(=O)(=O)Cc2ccc(Cl)c(Cl)c2)nc1. The Hall–Kier alpha value is -1.67. The molecule has 0 unspecified atom stereocenters. The normalized spacial score (nSPS) is 11.6. The number of hydrogen-bond acceptors (Lipinski definition) is 4. The first kappa shape index (κ1) is 19.7. The molecule has 1 amide bonds. The van der Waals surface area contributed by atoms with Gasteiger partial charge >= 0.3 is 0 Å². The summed E-state index contributed by atoms with van der Waals surface area (Å²) in [6.07, 6.45) is 1.61. The van der Waals surface area contributed by atoms with E-state index in [-0.39, 0.29) is 17.3 Å². The smallest absolute Gasteiger partial charge is 0.240 e. The molecule has 1 heterocycles. The summed E-state index contributed by atoms with van der Waals surface area (Å²) < 4.78 is 25.8. The molecule has 0 fully saturated rings. The number of sulfonamides is 1. The zero-order chi connectivity index (χ0) is 18.6. The number of carbonyl (C=O) groups is 1. The van der Waals surface area contributed by atoms with Crippen LogP contribution in [0.3, 0.4) is 0 Å². The largest absolute Gasteiger partial charge is 0.310 e. The number of carbonyl (C=O) groups excluding carboxylic acids is 1. The first-order chi connectivity index (χ1) is 11.7. The minimum atomic E-state index is -3.69. The zero-order valence-corrected chi connectivity index (χ0v) is 16.0. The van der Waals surface area contributed by atoms with E-state index in [0.29, 0.717) is 16.4 Å². The van der Waals surface area contributed by atoms with Crippen molar-refractivity contribution < 1.29 is 13.2 Å². The summed E-state index contributed by atoms with van der Waals surface area (Å²) in [5, 5.41) is 3.18. The number of pyridine rings is 1. The lowest BCUT2D eigenvalue weighted by Gasteiger charge is -2.17. The van der Waals surface area contributed by atoms with Gasteiger partial charge in [0.1, 0.15) is 5.82 Å². The third kappa shape index (κ3) is 5.67. The molecule has 0 atom stereocenters. The second-order valence-corrected chi connectivity index (χ2v) is 8.42. The number of halogens is 2. The van der Waals surface area contributed by atoms with Crippen LogP contribution in [0.15, 0.2) is 36.5 Å². The van der Waals surface area contributed by atoms with Gasteiger partial charge in [0.15, 0.2) is 0 Å². The molecule has 0 saturated heterocycles. The molecule has 9 heteroatoms. The van der Waals surface area contributed by atoms with Crippen LogP contribution in [0.5, 0.6) is 0 Å². The summed E-state index contributed by atoms with van der Waals surface area (Å²) in [5.41, 5.74) is 1.45. The van der Waals surface area contributed by atoms with Crippen LogP contribution >= 0.6 is 23.2 Å². The first-order valence-electron chi connectivity index (χ1n) is 7.28. The Balaban J connectivity index is 1.99. The molecule has 25 heavy (non-hydrogen) atoms. The van der Waals surface area contributed by atoms with E-state index in [2.05, 4.69) is 10.3 Å². The van der Waals surface area contributed by atoms with Crippen molar-refractivity contribution >= 4 is 45.0 Å². The molecule has 0 bridgehead atoms. The van der Waals surface area contributed by atoms with Gasteiger partial charge in [-0.25, -0.2) is 13.4 Å². The molecule has 2 aromatic rings. The van der Waals surface area contributed by atoms with Crippen molar-refractivity contribution in [1.29, 1.82) is 0 Å². The lowest BCUT2D eigenvalue weighted by Crippen LogP contribution is -2.35. The number of rotatable bonds is 6. The van der Waals surface area contributed by atoms with Crippen molar-refractivity contribution in [2.24, 2.45) is 0 Å². The van der Waals surface area contributed by atoms with Gasteiger partial charge in [0.05, 0.1) is 22.3 Å². The lowest BCUT2D eigenvalue weighted by molar-refractivity contribution is -0.116. The molecule has 0 aliphatic rings. The van der Waals surface area contributed by atoms with Crippen LogP contribution in [0, 0.1) is 6.92 Å². The first-order valence-corrected chi connectivity index (χ1v) is 9.64. The van der Waals surface area contributed by atoms with Gasteiger partial charge < -0.3 is 5.32 Å². The maximum absolute atomic E-state index is 12.4. The highest BCUT2D eigenvalue weighted by Gasteiger charge is 2.21. The Kier molecular flexibility index (Phi) is 6.40. The average molecular weight is 402 g/mol. The summed E-state index contributed by atoms with van der Waals surface area (Å²) in [5.74, 6) is -0.390. The number of nitrogens with zero attached hydrogens (tertiary/aromatic N) is 2. The minimum absolute atomic E-state index is 0.278. The van der Waals surface area contributed by atoms with E-state index >= 15 is 0 Å². The van der Waals surface area contributed by atoms with Gasteiger partial charge in [-0.2, -0.15) is 4.31 Å². The number of hydrogen-bond donors (Lipinski definition) is 1. The molecule has 0 radical (unpaired) electrons. The Morgan fingerprint density at radius 2 is 1.92 bits per heavy atom. The minimum Gasteiger partial charge on any atom is -0.310 e. The van der Waals surface area contributed by atoms with Gasteiger partial charge in [0, 0.05) is 13.2 Å². The summed E-state index contributed by atoms with van der Waals surface area (Å²) in [6.45, 7) is 1.56. The molecule has 0 aliphatic carbocycles. The van der Waals surface area contributed by atoms with Crippen LogP contribution in [0.2, 0.25) is 10.0 Å². The monoisotopic (exact) mass is 401 g/mol. The number of benzene rings is 1. The number of anilines is 1. The van der Waals surface area contributed by atoms with Crippen molar-refractivity contribution in [1.82, 2.24) is 9.29 Å².